The van der Waals surface area contributed by atoms with Crippen molar-refractivity contribution in [2.24, 2.45) is 16.7 Å². The lowest BCUT2D eigenvalue weighted by atomic mass is 9.63. The summed E-state index contributed by atoms with van der Waals surface area (Å²) < 4.78 is 0. The van der Waals surface area contributed by atoms with Crippen LogP contribution < -0.4 is 5.32 Å². The van der Waals surface area contributed by atoms with Crippen LogP contribution in [0.3, 0.4) is 0 Å². The molecule has 2 nitrogen and oxygen atoms in total. The molecule has 110 valence electrons. The fourth-order valence-electron chi connectivity index (χ4n) is 4.95. The molecule has 2 heterocycles. The van der Waals surface area contributed by atoms with Gasteiger partial charge in [-0.15, -0.1) is 0 Å². The molecule has 0 radical (unpaired) electrons. The summed E-state index contributed by atoms with van der Waals surface area (Å²) in [6.07, 6.45) is 10.2. The van der Waals surface area contributed by atoms with Crippen molar-refractivity contribution < 1.29 is 0 Å². The molecule has 2 aliphatic heterocycles. The lowest BCUT2D eigenvalue weighted by molar-refractivity contribution is -0.00951. The van der Waals surface area contributed by atoms with Crippen LogP contribution >= 0.6 is 0 Å². The van der Waals surface area contributed by atoms with Crippen LogP contribution in [0.2, 0.25) is 0 Å². The maximum absolute atomic E-state index is 3.56. The number of rotatable bonds is 2. The molecular weight excluding hydrogens is 232 g/mol. The number of nitrogens with zero attached hydrogens (tertiary/aromatic N) is 1. The van der Waals surface area contributed by atoms with Crippen molar-refractivity contribution in [3.63, 3.8) is 0 Å². The van der Waals surface area contributed by atoms with E-state index in [1.54, 1.807) is 0 Å². The Kier molecular flexibility index (Phi) is 3.92. The molecule has 2 heteroatoms. The van der Waals surface area contributed by atoms with E-state index >= 15 is 0 Å². The molecule has 19 heavy (non-hydrogen) atoms. The van der Waals surface area contributed by atoms with Gasteiger partial charge in [0.15, 0.2) is 0 Å². The minimum absolute atomic E-state index is 0.538. The Morgan fingerprint density at radius 3 is 2.63 bits per heavy atom. The van der Waals surface area contributed by atoms with E-state index in [0.29, 0.717) is 10.8 Å². The minimum Gasteiger partial charge on any atom is -0.316 e. The Hall–Kier alpha value is -0.0800. The van der Waals surface area contributed by atoms with Gasteiger partial charge in [-0.25, -0.2) is 0 Å². The van der Waals surface area contributed by atoms with Gasteiger partial charge < -0.3 is 10.2 Å². The van der Waals surface area contributed by atoms with Gasteiger partial charge in [0.2, 0.25) is 0 Å². The quantitative estimate of drug-likeness (QED) is 0.823. The molecule has 2 saturated heterocycles. The van der Waals surface area contributed by atoms with Crippen LogP contribution in [-0.4, -0.2) is 37.6 Å². The zero-order valence-corrected chi connectivity index (χ0v) is 13.0. The molecule has 1 N–H and O–H groups in total. The first-order valence-corrected chi connectivity index (χ1v) is 8.55. The van der Waals surface area contributed by atoms with Crippen molar-refractivity contribution in [2.45, 2.75) is 58.8 Å². The van der Waals surface area contributed by atoms with Crippen molar-refractivity contribution in [1.29, 1.82) is 0 Å². The van der Waals surface area contributed by atoms with Crippen molar-refractivity contribution in [3.8, 4) is 0 Å². The summed E-state index contributed by atoms with van der Waals surface area (Å²) in [7, 11) is 0. The summed E-state index contributed by atoms with van der Waals surface area (Å²) in [5.41, 5.74) is 1.22. The highest BCUT2D eigenvalue weighted by Gasteiger charge is 2.43. The van der Waals surface area contributed by atoms with Gasteiger partial charge in [-0.3, -0.25) is 0 Å². The van der Waals surface area contributed by atoms with Crippen LogP contribution in [0.4, 0.5) is 0 Å². The maximum Gasteiger partial charge on any atom is 0.00482 e. The van der Waals surface area contributed by atoms with E-state index in [1.165, 1.54) is 77.7 Å². The SMILES string of the molecule is CC1CCN(CC2(C)CCNC2)CC12CCCCC2. The predicted molar refractivity (Wildman–Crippen MR) is 81.3 cm³/mol. The van der Waals surface area contributed by atoms with Gasteiger partial charge >= 0.3 is 0 Å². The first kappa shape index (κ1) is 13.9. The van der Waals surface area contributed by atoms with Crippen LogP contribution in [0.1, 0.15) is 58.8 Å². The van der Waals surface area contributed by atoms with Crippen molar-refractivity contribution in [3.05, 3.63) is 0 Å². The lowest BCUT2D eigenvalue weighted by Crippen LogP contribution is -2.51. The standard InChI is InChI=1S/C17H32N2/c1-15-6-11-19(13-16(2)9-10-18-12-16)14-17(15)7-4-3-5-8-17/h15,18H,3-14H2,1-2H3. The molecular formula is C17H32N2. The van der Waals surface area contributed by atoms with E-state index in [9.17, 15) is 0 Å². The van der Waals surface area contributed by atoms with Gasteiger partial charge in [0.05, 0.1) is 0 Å². The molecule has 3 aliphatic rings. The fraction of sp³-hybridized carbons (Fsp3) is 1.00. The summed E-state index contributed by atoms with van der Waals surface area (Å²) in [6.45, 7) is 11.5. The van der Waals surface area contributed by atoms with E-state index in [4.69, 9.17) is 0 Å². The minimum atomic E-state index is 0.538. The van der Waals surface area contributed by atoms with Gasteiger partial charge in [0.1, 0.15) is 0 Å². The second-order valence-corrected chi connectivity index (χ2v) is 8.06. The molecule has 2 atom stereocenters. The van der Waals surface area contributed by atoms with Crippen LogP contribution in [0, 0.1) is 16.7 Å². The monoisotopic (exact) mass is 264 g/mol. The molecule has 1 aliphatic carbocycles. The molecule has 0 amide bonds. The zero-order valence-electron chi connectivity index (χ0n) is 13.0. The Morgan fingerprint density at radius 2 is 1.95 bits per heavy atom. The third kappa shape index (κ3) is 2.85. The molecule has 1 spiro atoms. The number of piperidine rings is 1. The molecule has 3 rings (SSSR count). The van der Waals surface area contributed by atoms with E-state index in [0.717, 1.165) is 5.92 Å². The summed E-state index contributed by atoms with van der Waals surface area (Å²) >= 11 is 0. The Bertz CT molecular complexity index is 300. The molecule has 0 aromatic rings. The fourth-order valence-corrected chi connectivity index (χ4v) is 4.95. The van der Waals surface area contributed by atoms with Gasteiger partial charge in [-0.2, -0.15) is 0 Å². The van der Waals surface area contributed by atoms with E-state index in [2.05, 4.69) is 24.1 Å². The average molecular weight is 264 g/mol. The van der Waals surface area contributed by atoms with E-state index < -0.39 is 0 Å². The summed E-state index contributed by atoms with van der Waals surface area (Å²) in [4.78, 5) is 2.82. The molecule has 0 bridgehead atoms. The largest absolute Gasteiger partial charge is 0.316 e. The van der Waals surface area contributed by atoms with Gasteiger partial charge in [-0.05, 0) is 55.5 Å². The maximum atomic E-state index is 3.56. The Labute approximate surface area is 119 Å². The van der Waals surface area contributed by atoms with Crippen molar-refractivity contribution in [1.82, 2.24) is 10.2 Å². The molecule has 0 aromatic heterocycles. The van der Waals surface area contributed by atoms with E-state index in [-0.39, 0.29) is 0 Å². The van der Waals surface area contributed by atoms with Gasteiger partial charge in [0.25, 0.3) is 0 Å². The van der Waals surface area contributed by atoms with Crippen LogP contribution in [0.25, 0.3) is 0 Å². The third-order valence-corrected chi connectivity index (χ3v) is 6.37. The predicted octanol–water partition coefficient (Wildman–Crippen LogP) is 3.28. The number of nitrogens with one attached hydrogen (secondary N) is 1. The average Bonchev–Trinajstić information content (AvgIpc) is 2.82. The van der Waals surface area contributed by atoms with E-state index in [1.807, 2.05) is 0 Å². The summed E-state index contributed by atoms with van der Waals surface area (Å²) in [6, 6.07) is 0. The number of hydrogen-bond acceptors (Lipinski definition) is 2. The molecule has 0 aromatic carbocycles. The summed E-state index contributed by atoms with van der Waals surface area (Å²) in [5, 5.41) is 3.56. The van der Waals surface area contributed by atoms with Crippen molar-refractivity contribution in [2.75, 3.05) is 32.7 Å². The van der Waals surface area contributed by atoms with Crippen LogP contribution in [0.15, 0.2) is 0 Å². The Balaban J connectivity index is 1.64. The number of likely N-dealkylation sites (tertiary alicyclic amines) is 1. The highest BCUT2D eigenvalue weighted by Crippen LogP contribution is 2.47. The second kappa shape index (κ2) is 5.37. The molecule has 1 saturated carbocycles. The second-order valence-electron chi connectivity index (χ2n) is 8.06. The summed E-state index contributed by atoms with van der Waals surface area (Å²) in [5.74, 6) is 0.957. The highest BCUT2D eigenvalue weighted by atomic mass is 15.2. The first-order chi connectivity index (χ1) is 9.12. The van der Waals surface area contributed by atoms with Crippen LogP contribution in [-0.2, 0) is 0 Å². The van der Waals surface area contributed by atoms with Crippen LogP contribution in [0.5, 0.6) is 0 Å². The normalized spacial score (nSPS) is 39.8. The molecule has 2 unspecified atom stereocenters. The molecule has 3 fully saturated rings. The smallest absolute Gasteiger partial charge is 0.00482 e. The number of hydrogen-bond donors (Lipinski definition) is 1. The van der Waals surface area contributed by atoms with Crippen molar-refractivity contribution >= 4 is 0 Å². The Morgan fingerprint density at radius 1 is 1.16 bits per heavy atom. The topological polar surface area (TPSA) is 15.3 Å². The first-order valence-electron chi connectivity index (χ1n) is 8.55. The third-order valence-electron chi connectivity index (χ3n) is 6.37. The highest BCUT2D eigenvalue weighted by molar-refractivity contribution is 4.96. The lowest BCUT2D eigenvalue weighted by Gasteiger charge is -2.51. The van der Waals surface area contributed by atoms with Gasteiger partial charge in [0, 0.05) is 19.6 Å². The van der Waals surface area contributed by atoms with Gasteiger partial charge in [-0.1, -0.05) is 33.1 Å². The zero-order chi connectivity index (χ0) is 13.3.